The molecule has 3 heterocycles. The van der Waals surface area contributed by atoms with Gasteiger partial charge < -0.3 is 10.2 Å². The lowest BCUT2D eigenvalue weighted by Crippen LogP contribution is -2.55. The molecule has 1 aromatic carbocycles. The number of amides is 1. The molecule has 2 aliphatic heterocycles. The molecule has 3 N–H and O–H groups in total. The highest BCUT2D eigenvalue weighted by Gasteiger charge is 2.36. The zero-order chi connectivity index (χ0) is 20.5. The SMILES string of the molecule is CN1[C@@H]2CCC[C@H]1C[C@@H](NC(=O)c1nn(C)c3ccccc13)C2.O=S(=O)(O)O. The summed E-state index contributed by atoms with van der Waals surface area (Å²) in [7, 11) is -0.544. The fraction of sp³-hybridized carbons (Fsp3) is 0.556. The predicted octanol–water partition coefficient (Wildman–Crippen LogP) is 1.67. The maximum atomic E-state index is 12.7. The normalized spacial score (nSPS) is 25.1. The van der Waals surface area contributed by atoms with E-state index >= 15 is 0 Å². The van der Waals surface area contributed by atoms with Crippen LogP contribution in [0, 0.1) is 0 Å². The van der Waals surface area contributed by atoms with E-state index < -0.39 is 10.4 Å². The topological polar surface area (TPSA) is 125 Å². The Bertz CT molecular complexity index is 936. The van der Waals surface area contributed by atoms with E-state index in [4.69, 9.17) is 17.5 Å². The number of nitrogens with one attached hydrogen (secondary N) is 1. The molecule has 2 fully saturated rings. The number of nitrogens with zero attached hydrogens (tertiary/aromatic N) is 3. The summed E-state index contributed by atoms with van der Waals surface area (Å²) in [5.74, 6) is -0.0329. The molecule has 0 saturated carbocycles. The van der Waals surface area contributed by atoms with Crippen molar-refractivity contribution in [3.05, 3.63) is 30.0 Å². The number of para-hydroxylation sites is 1. The van der Waals surface area contributed by atoms with Crippen molar-refractivity contribution in [3.63, 3.8) is 0 Å². The number of fused-ring (bicyclic) bond motifs is 3. The van der Waals surface area contributed by atoms with Gasteiger partial charge in [0.25, 0.3) is 5.91 Å². The molecule has 154 valence electrons. The Morgan fingerprint density at radius 2 is 1.71 bits per heavy atom. The first-order chi connectivity index (χ1) is 13.1. The van der Waals surface area contributed by atoms with Gasteiger partial charge in [0.1, 0.15) is 0 Å². The molecule has 0 aliphatic carbocycles. The number of aryl methyl sites for hydroxylation is 1. The largest absolute Gasteiger partial charge is 0.394 e. The van der Waals surface area contributed by atoms with Crippen molar-refractivity contribution in [2.75, 3.05) is 7.05 Å². The molecule has 2 aliphatic rings. The molecule has 0 unspecified atom stereocenters. The van der Waals surface area contributed by atoms with E-state index in [0.29, 0.717) is 17.8 Å². The highest BCUT2D eigenvalue weighted by atomic mass is 32.3. The second kappa shape index (κ2) is 8.16. The highest BCUT2D eigenvalue weighted by molar-refractivity contribution is 7.79. The summed E-state index contributed by atoms with van der Waals surface area (Å²) in [4.78, 5) is 15.3. The van der Waals surface area contributed by atoms with Crippen LogP contribution >= 0.6 is 0 Å². The standard InChI is InChI=1S/C18H24N4O.H2O4S/c1-21-13-6-5-7-14(21)11-12(10-13)19-18(23)17-15-8-3-4-9-16(15)22(2)20-17;1-5(2,3)4/h3-4,8-9,12-14H,5-7,10-11H2,1-2H3,(H,19,23);(H2,1,2,3,4)/t12-,13+,14-;. The lowest BCUT2D eigenvalue weighted by atomic mass is 9.82. The van der Waals surface area contributed by atoms with E-state index in [0.717, 1.165) is 23.7 Å². The third-order valence-electron chi connectivity index (χ3n) is 5.65. The van der Waals surface area contributed by atoms with Crippen LogP contribution in [0.4, 0.5) is 0 Å². The minimum atomic E-state index is -4.67. The zero-order valence-electron chi connectivity index (χ0n) is 15.9. The van der Waals surface area contributed by atoms with Crippen LogP contribution in [0.25, 0.3) is 10.9 Å². The Kier molecular flexibility index (Phi) is 6.04. The smallest absolute Gasteiger partial charge is 0.348 e. The lowest BCUT2D eigenvalue weighted by molar-refractivity contribution is 0.0462. The summed E-state index contributed by atoms with van der Waals surface area (Å²) < 4.78 is 33.4. The fourth-order valence-electron chi connectivity index (χ4n) is 4.37. The van der Waals surface area contributed by atoms with Crippen molar-refractivity contribution in [1.29, 1.82) is 0 Å². The Morgan fingerprint density at radius 3 is 2.32 bits per heavy atom. The maximum absolute atomic E-state index is 12.7. The molecule has 0 spiro atoms. The number of hydrogen-bond donors (Lipinski definition) is 3. The van der Waals surface area contributed by atoms with Crippen molar-refractivity contribution in [2.45, 2.75) is 50.2 Å². The molecule has 10 heteroatoms. The third kappa shape index (κ3) is 4.88. The number of aromatic nitrogens is 2. The molecule has 4 rings (SSSR count). The molecule has 3 atom stereocenters. The van der Waals surface area contributed by atoms with Crippen molar-refractivity contribution in [3.8, 4) is 0 Å². The van der Waals surface area contributed by atoms with Crippen LogP contribution in [0.15, 0.2) is 24.3 Å². The summed E-state index contributed by atoms with van der Waals surface area (Å²) in [6, 6.07) is 9.42. The average molecular weight is 410 g/mol. The van der Waals surface area contributed by atoms with E-state index in [1.807, 2.05) is 31.3 Å². The summed E-state index contributed by atoms with van der Waals surface area (Å²) in [5.41, 5.74) is 1.55. The van der Waals surface area contributed by atoms with Gasteiger partial charge >= 0.3 is 10.4 Å². The molecular weight excluding hydrogens is 384 g/mol. The van der Waals surface area contributed by atoms with Crippen LogP contribution in [0.2, 0.25) is 0 Å². The second-order valence-corrected chi connectivity index (χ2v) is 8.38. The number of carbonyl (C=O) groups is 1. The molecule has 0 radical (unpaired) electrons. The van der Waals surface area contributed by atoms with Gasteiger partial charge in [-0.25, -0.2) is 0 Å². The number of hydrogen-bond acceptors (Lipinski definition) is 5. The molecule has 2 saturated heterocycles. The highest BCUT2D eigenvalue weighted by Crippen LogP contribution is 2.32. The van der Waals surface area contributed by atoms with Gasteiger partial charge in [-0.3, -0.25) is 18.6 Å². The predicted molar refractivity (Wildman–Crippen MR) is 105 cm³/mol. The van der Waals surface area contributed by atoms with Gasteiger partial charge in [0, 0.05) is 30.6 Å². The van der Waals surface area contributed by atoms with Crippen LogP contribution in [-0.2, 0) is 17.4 Å². The number of piperidine rings is 2. The fourth-order valence-corrected chi connectivity index (χ4v) is 4.37. The third-order valence-corrected chi connectivity index (χ3v) is 5.65. The first-order valence-electron chi connectivity index (χ1n) is 9.28. The van der Waals surface area contributed by atoms with Gasteiger partial charge in [0.2, 0.25) is 0 Å². The van der Waals surface area contributed by atoms with Crippen LogP contribution < -0.4 is 5.32 Å². The minimum Gasteiger partial charge on any atom is -0.348 e. The molecule has 28 heavy (non-hydrogen) atoms. The summed E-state index contributed by atoms with van der Waals surface area (Å²) in [6.45, 7) is 0. The van der Waals surface area contributed by atoms with Gasteiger partial charge in [0.15, 0.2) is 5.69 Å². The van der Waals surface area contributed by atoms with E-state index in [9.17, 15) is 4.79 Å². The molecule has 2 bridgehead atoms. The molecule has 9 nitrogen and oxygen atoms in total. The average Bonchev–Trinajstić information content (AvgIpc) is 2.92. The Balaban J connectivity index is 0.000000403. The Morgan fingerprint density at radius 1 is 1.14 bits per heavy atom. The maximum Gasteiger partial charge on any atom is 0.394 e. The Hall–Kier alpha value is -2.01. The van der Waals surface area contributed by atoms with Gasteiger partial charge in [-0.2, -0.15) is 13.5 Å². The van der Waals surface area contributed by atoms with E-state index in [-0.39, 0.29) is 11.9 Å². The van der Waals surface area contributed by atoms with Crippen LogP contribution in [0.3, 0.4) is 0 Å². The Labute approximate surface area is 164 Å². The molecule has 1 aromatic heterocycles. The summed E-state index contributed by atoms with van der Waals surface area (Å²) in [5, 5.41) is 8.62. The zero-order valence-corrected chi connectivity index (χ0v) is 16.8. The first kappa shape index (κ1) is 20.7. The van der Waals surface area contributed by atoms with Gasteiger partial charge in [-0.15, -0.1) is 0 Å². The second-order valence-electron chi connectivity index (χ2n) is 7.48. The molecule has 1 amide bonds. The van der Waals surface area contributed by atoms with Crippen LogP contribution in [-0.4, -0.2) is 63.3 Å². The lowest BCUT2D eigenvalue weighted by Gasteiger charge is -2.47. The monoisotopic (exact) mass is 410 g/mol. The summed E-state index contributed by atoms with van der Waals surface area (Å²) >= 11 is 0. The van der Waals surface area contributed by atoms with E-state index in [2.05, 4.69) is 22.4 Å². The van der Waals surface area contributed by atoms with Gasteiger partial charge in [-0.05, 0) is 38.8 Å². The summed E-state index contributed by atoms with van der Waals surface area (Å²) in [6.07, 6.45) is 5.95. The van der Waals surface area contributed by atoms with Crippen molar-refractivity contribution < 1.29 is 22.3 Å². The van der Waals surface area contributed by atoms with E-state index in [1.165, 1.54) is 19.3 Å². The molecule has 2 aromatic rings. The minimum absolute atomic E-state index is 0.0329. The molecular formula is C18H26N4O5S. The van der Waals surface area contributed by atoms with Crippen LogP contribution in [0.5, 0.6) is 0 Å². The van der Waals surface area contributed by atoms with Crippen molar-refractivity contribution in [2.24, 2.45) is 7.05 Å². The first-order valence-corrected chi connectivity index (χ1v) is 10.7. The van der Waals surface area contributed by atoms with Gasteiger partial charge in [0.05, 0.1) is 5.52 Å². The number of rotatable bonds is 2. The van der Waals surface area contributed by atoms with Crippen LogP contribution in [0.1, 0.15) is 42.6 Å². The van der Waals surface area contributed by atoms with Crippen molar-refractivity contribution in [1.82, 2.24) is 20.0 Å². The number of benzene rings is 1. The van der Waals surface area contributed by atoms with E-state index in [1.54, 1.807) is 4.68 Å². The number of carbonyl (C=O) groups excluding carboxylic acids is 1. The quantitative estimate of drug-likeness (QED) is 0.643. The van der Waals surface area contributed by atoms with Crippen molar-refractivity contribution >= 4 is 27.2 Å². The van der Waals surface area contributed by atoms with Gasteiger partial charge in [-0.1, -0.05) is 24.6 Å².